The molecule has 7 nitrogen and oxygen atoms in total. The van der Waals surface area contributed by atoms with Crippen molar-refractivity contribution >= 4 is 34.3 Å². The van der Waals surface area contributed by atoms with Crippen molar-refractivity contribution in [3.05, 3.63) is 71.3 Å². The van der Waals surface area contributed by atoms with Crippen molar-refractivity contribution < 1.29 is 9.53 Å². The third-order valence-corrected chi connectivity index (χ3v) is 4.74. The zero-order chi connectivity index (χ0) is 20.4. The number of methoxy groups -OCH3 is 1. The number of benzene rings is 2. The van der Waals surface area contributed by atoms with Gasteiger partial charge in [0.2, 0.25) is 0 Å². The number of anilines is 2. The van der Waals surface area contributed by atoms with Gasteiger partial charge in [-0.1, -0.05) is 24.3 Å². The summed E-state index contributed by atoms with van der Waals surface area (Å²) in [6.45, 7) is 2.49. The molecule has 1 amide bonds. The van der Waals surface area contributed by atoms with Gasteiger partial charge in [-0.3, -0.25) is 9.72 Å². The van der Waals surface area contributed by atoms with Crippen LogP contribution in [-0.4, -0.2) is 22.6 Å². The van der Waals surface area contributed by atoms with Crippen molar-refractivity contribution in [1.82, 2.24) is 9.38 Å². The predicted octanol–water partition coefficient (Wildman–Crippen LogP) is 4.46. The number of carbonyl (C=O) groups excluding carboxylic acids is 1. The monoisotopic (exact) mass is 385 g/mol. The summed E-state index contributed by atoms with van der Waals surface area (Å²) in [4.78, 5) is 15.9. The number of hydrogen-bond donors (Lipinski definition) is 2. The van der Waals surface area contributed by atoms with Crippen LogP contribution in [0.1, 0.15) is 16.7 Å². The molecule has 0 fully saturated rings. The lowest BCUT2D eigenvalue weighted by Crippen LogP contribution is -2.11. The van der Waals surface area contributed by atoms with E-state index in [-0.39, 0.29) is 0 Å². The second kappa shape index (κ2) is 7.52. The highest BCUT2D eigenvalue weighted by atomic mass is 16.5. The number of nitriles is 1. The predicted molar refractivity (Wildman–Crippen MR) is 112 cm³/mol. The van der Waals surface area contributed by atoms with E-state index in [1.54, 1.807) is 0 Å². The zero-order valence-corrected chi connectivity index (χ0v) is 16.1. The molecule has 0 radical (unpaired) electrons. The fourth-order valence-corrected chi connectivity index (χ4v) is 3.29. The summed E-state index contributed by atoms with van der Waals surface area (Å²) in [7, 11) is 1.33. The van der Waals surface area contributed by atoms with Gasteiger partial charge in [0.1, 0.15) is 11.9 Å². The van der Waals surface area contributed by atoms with Gasteiger partial charge in [0, 0.05) is 12.2 Å². The van der Waals surface area contributed by atoms with E-state index in [9.17, 15) is 10.1 Å². The number of nitrogens with one attached hydrogen (secondary N) is 2. The molecule has 0 saturated heterocycles. The number of nitrogens with zero attached hydrogens (tertiary/aromatic N) is 3. The smallest absolute Gasteiger partial charge is 0.411 e. The van der Waals surface area contributed by atoms with E-state index in [2.05, 4.69) is 26.4 Å². The molecule has 0 aliphatic heterocycles. The Kier molecular flexibility index (Phi) is 4.75. The summed E-state index contributed by atoms with van der Waals surface area (Å²) < 4.78 is 6.57. The molecule has 2 heterocycles. The highest BCUT2D eigenvalue weighted by molar-refractivity contribution is 5.85. The van der Waals surface area contributed by atoms with E-state index in [0.717, 1.165) is 28.0 Å². The van der Waals surface area contributed by atoms with E-state index in [1.807, 2.05) is 65.9 Å². The molecule has 0 spiro atoms. The van der Waals surface area contributed by atoms with Crippen LogP contribution in [0.4, 0.5) is 16.3 Å². The number of aryl methyl sites for hydroxylation is 1. The van der Waals surface area contributed by atoms with Gasteiger partial charge in [-0.2, -0.15) is 5.26 Å². The van der Waals surface area contributed by atoms with Crippen LogP contribution in [0, 0.1) is 18.3 Å². The Morgan fingerprint density at radius 1 is 1.21 bits per heavy atom. The molecule has 0 aliphatic rings. The molecule has 2 aromatic heterocycles. The van der Waals surface area contributed by atoms with E-state index in [0.29, 0.717) is 23.4 Å². The third kappa shape index (κ3) is 3.44. The normalized spacial score (nSPS) is 10.7. The first-order chi connectivity index (χ1) is 14.1. The lowest BCUT2D eigenvalue weighted by Gasteiger charge is -2.13. The molecule has 0 atom stereocenters. The maximum atomic E-state index is 11.3. The van der Waals surface area contributed by atoms with Gasteiger partial charge in [0.05, 0.1) is 23.7 Å². The second-order valence-electron chi connectivity index (χ2n) is 6.63. The SMILES string of the molecule is COC(=O)Nc1ccc(CNc2cc(C)c(C#N)c3nc4ccccc4n23)cc1. The molecule has 0 aliphatic carbocycles. The van der Waals surface area contributed by atoms with Gasteiger partial charge < -0.3 is 10.1 Å². The van der Waals surface area contributed by atoms with Crippen LogP contribution in [0.3, 0.4) is 0 Å². The lowest BCUT2D eigenvalue weighted by molar-refractivity contribution is 0.187. The molecule has 4 rings (SSSR count). The molecular formula is C22H19N5O2. The van der Waals surface area contributed by atoms with Gasteiger partial charge in [-0.25, -0.2) is 9.78 Å². The number of amides is 1. The van der Waals surface area contributed by atoms with Crippen molar-refractivity contribution in [2.45, 2.75) is 13.5 Å². The van der Waals surface area contributed by atoms with Crippen LogP contribution in [0.15, 0.2) is 54.6 Å². The quantitative estimate of drug-likeness (QED) is 0.541. The van der Waals surface area contributed by atoms with Gasteiger partial charge in [0.25, 0.3) is 0 Å². The van der Waals surface area contributed by atoms with Crippen molar-refractivity contribution in [3.8, 4) is 6.07 Å². The molecule has 2 aromatic carbocycles. The zero-order valence-electron chi connectivity index (χ0n) is 16.1. The summed E-state index contributed by atoms with van der Waals surface area (Å²) in [5.74, 6) is 0.863. The molecule has 7 heteroatoms. The molecule has 0 unspecified atom stereocenters. The van der Waals surface area contributed by atoms with E-state index < -0.39 is 6.09 Å². The Balaban J connectivity index is 1.66. The summed E-state index contributed by atoms with van der Waals surface area (Å²) in [6, 6.07) is 19.6. The van der Waals surface area contributed by atoms with Gasteiger partial charge in [-0.15, -0.1) is 0 Å². The first-order valence-electron chi connectivity index (χ1n) is 9.09. The number of pyridine rings is 1. The number of ether oxygens (including phenoxy) is 1. The lowest BCUT2D eigenvalue weighted by atomic mass is 10.1. The van der Waals surface area contributed by atoms with Crippen molar-refractivity contribution in [2.24, 2.45) is 0 Å². The Bertz CT molecular complexity index is 1250. The summed E-state index contributed by atoms with van der Waals surface area (Å²) >= 11 is 0. The van der Waals surface area contributed by atoms with Crippen LogP contribution < -0.4 is 10.6 Å². The van der Waals surface area contributed by atoms with E-state index in [4.69, 9.17) is 0 Å². The largest absolute Gasteiger partial charge is 0.453 e. The summed E-state index contributed by atoms with van der Waals surface area (Å²) in [6.07, 6.45) is -0.502. The van der Waals surface area contributed by atoms with E-state index >= 15 is 0 Å². The fourth-order valence-electron chi connectivity index (χ4n) is 3.29. The number of imidazole rings is 1. The van der Waals surface area contributed by atoms with Crippen molar-refractivity contribution in [3.63, 3.8) is 0 Å². The second-order valence-corrected chi connectivity index (χ2v) is 6.63. The van der Waals surface area contributed by atoms with Crippen molar-refractivity contribution in [1.29, 1.82) is 5.26 Å². The average molecular weight is 385 g/mol. The highest BCUT2D eigenvalue weighted by Crippen LogP contribution is 2.27. The molecule has 4 aromatic rings. The first-order valence-corrected chi connectivity index (χ1v) is 9.09. The summed E-state index contributed by atoms with van der Waals surface area (Å²) in [5, 5.41) is 15.7. The number of para-hydroxylation sites is 2. The Morgan fingerprint density at radius 2 is 1.97 bits per heavy atom. The van der Waals surface area contributed by atoms with Crippen LogP contribution in [0.25, 0.3) is 16.7 Å². The topological polar surface area (TPSA) is 91.5 Å². The highest BCUT2D eigenvalue weighted by Gasteiger charge is 2.14. The number of fused-ring (bicyclic) bond motifs is 3. The van der Waals surface area contributed by atoms with Gasteiger partial charge in [0.15, 0.2) is 5.65 Å². The number of rotatable bonds is 4. The summed E-state index contributed by atoms with van der Waals surface area (Å²) in [5.41, 5.74) is 5.59. The molecule has 2 N–H and O–H groups in total. The number of carbonyl (C=O) groups is 1. The van der Waals surface area contributed by atoms with Crippen LogP contribution >= 0.6 is 0 Å². The standard InChI is InChI=1S/C22H19N5O2/c1-14-11-20(24-13-15-7-9-16(10-8-15)25-22(28)29-2)27-19-6-4-3-5-18(19)26-21(27)17(14)12-23/h3-11,24H,13H2,1-2H3,(H,25,28). The van der Waals surface area contributed by atoms with Crippen molar-refractivity contribution in [2.75, 3.05) is 17.7 Å². The Morgan fingerprint density at radius 3 is 2.69 bits per heavy atom. The Hall–Kier alpha value is -4.05. The first kappa shape index (κ1) is 18.3. The van der Waals surface area contributed by atoms with Crippen LogP contribution in [-0.2, 0) is 11.3 Å². The third-order valence-electron chi connectivity index (χ3n) is 4.74. The molecule has 0 bridgehead atoms. The number of aromatic nitrogens is 2. The molecule has 29 heavy (non-hydrogen) atoms. The Labute approximate surface area is 167 Å². The van der Waals surface area contributed by atoms with E-state index in [1.165, 1.54) is 7.11 Å². The van der Waals surface area contributed by atoms with Gasteiger partial charge in [-0.05, 0) is 48.4 Å². The minimum atomic E-state index is -0.502. The molecular weight excluding hydrogens is 366 g/mol. The molecule has 0 saturated carbocycles. The number of hydrogen-bond acceptors (Lipinski definition) is 5. The average Bonchev–Trinajstić information content (AvgIpc) is 3.12. The van der Waals surface area contributed by atoms with Gasteiger partial charge >= 0.3 is 6.09 Å². The fraction of sp³-hybridized carbons (Fsp3) is 0.136. The minimum absolute atomic E-state index is 0.502. The maximum absolute atomic E-state index is 11.3. The van der Waals surface area contributed by atoms with Crippen LogP contribution in [0.2, 0.25) is 0 Å². The molecule has 144 valence electrons. The van der Waals surface area contributed by atoms with Crippen LogP contribution in [0.5, 0.6) is 0 Å². The maximum Gasteiger partial charge on any atom is 0.411 e. The minimum Gasteiger partial charge on any atom is -0.453 e.